The van der Waals surface area contributed by atoms with E-state index in [0.29, 0.717) is 4.47 Å². The number of pyridine rings is 1. The first-order chi connectivity index (χ1) is 5.11. The Balaban J connectivity index is 3.20. The number of aryl methyl sites for hydroxylation is 1. The quantitative estimate of drug-likeness (QED) is 0.779. The van der Waals surface area contributed by atoms with Gasteiger partial charge in [0.15, 0.2) is 5.69 Å². The molecule has 0 saturated heterocycles. The van der Waals surface area contributed by atoms with Crippen LogP contribution in [0.2, 0.25) is 0 Å². The molecule has 0 bridgehead atoms. The molecule has 0 aliphatic carbocycles. The average Bonchev–Trinajstić information content (AvgIpc) is 1.85. The number of carboxylic acid groups (broad SMARTS) is 1. The smallest absolute Gasteiger partial charge is 0.355 e. The van der Waals surface area contributed by atoms with Crippen LogP contribution in [-0.2, 0) is 0 Å². The highest BCUT2D eigenvalue weighted by Gasteiger charge is 2.08. The zero-order valence-corrected chi connectivity index (χ0v) is 7.42. The minimum atomic E-state index is -1.02. The normalized spacial score (nSPS) is 9.64. The van der Waals surface area contributed by atoms with Gasteiger partial charge in [0.05, 0.1) is 4.47 Å². The number of hydrogen-bond donors (Lipinski definition) is 1. The predicted octanol–water partition coefficient (Wildman–Crippen LogP) is 1.85. The monoisotopic (exact) mass is 215 g/mol. The second kappa shape index (κ2) is 3.00. The summed E-state index contributed by atoms with van der Waals surface area (Å²) in [5, 5.41) is 8.56. The summed E-state index contributed by atoms with van der Waals surface area (Å²) in [6.07, 6.45) is 1.52. The molecule has 1 rings (SSSR count). The van der Waals surface area contributed by atoms with Crippen LogP contribution in [0.15, 0.2) is 16.7 Å². The molecule has 0 radical (unpaired) electrons. The largest absolute Gasteiger partial charge is 0.476 e. The molecule has 0 atom stereocenters. The van der Waals surface area contributed by atoms with Crippen molar-refractivity contribution in [3.63, 3.8) is 0 Å². The molecule has 0 amide bonds. The number of aromatic nitrogens is 1. The van der Waals surface area contributed by atoms with E-state index in [-0.39, 0.29) is 5.69 Å². The summed E-state index contributed by atoms with van der Waals surface area (Å²) in [5.74, 6) is -1.02. The maximum Gasteiger partial charge on any atom is 0.355 e. The SMILES string of the molecule is Cc1cnc(C(=O)O)c(Br)c1. The lowest BCUT2D eigenvalue weighted by Gasteiger charge is -1.97. The van der Waals surface area contributed by atoms with E-state index in [9.17, 15) is 4.79 Å². The maximum absolute atomic E-state index is 10.4. The third kappa shape index (κ3) is 1.77. The highest BCUT2D eigenvalue weighted by Crippen LogP contribution is 2.15. The van der Waals surface area contributed by atoms with E-state index in [1.165, 1.54) is 6.20 Å². The maximum atomic E-state index is 10.4. The van der Waals surface area contributed by atoms with E-state index in [4.69, 9.17) is 5.11 Å². The molecule has 4 heteroatoms. The number of aromatic carboxylic acids is 1. The van der Waals surface area contributed by atoms with Crippen LogP contribution in [0.25, 0.3) is 0 Å². The van der Waals surface area contributed by atoms with Crippen molar-refractivity contribution in [1.82, 2.24) is 4.98 Å². The van der Waals surface area contributed by atoms with Crippen molar-refractivity contribution in [1.29, 1.82) is 0 Å². The van der Waals surface area contributed by atoms with Crippen molar-refractivity contribution in [3.8, 4) is 0 Å². The Morgan fingerprint density at radius 2 is 2.36 bits per heavy atom. The molecular formula is C7H6BrNO2. The van der Waals surface area contributed by atoms with E-state index < -0.39 is 5.97 Å². The second-order valence-electron chi connectivity index (χ2n) is 2.15. The van der Waals surface area contributed by atoms with Gasteiger partial charge in [-0.2, -0.15) is 0 Å². The van der Waals surface area contributed by atoms with E-state index in [1.807, 2.05) is 6.92 Å². The van der Waals surface area contributed by atoms with Crippen molar-refractivity contribution >= 4 is 21.9 Å². The first kappa shape index (κ1) is 8.20. The number of carboxylic acids is 1. The molecule has 58 valence electrons. The Morgan fingerprint density at radius 3 is 2.82 bits per heavy atom. The van der Waals surface area contributed by atoms with Crippen molar-refractivity contribution in [2.75, 3.05) is 0 Å². The topological polar surface area (TPSA) is 50.2 Å². The van der Waals surface area contributed by atoms with Crippen LogP contribution in [0.5, 0.6) is 0 Å². The van der Waals surface area contributed by atoms with Gasteiger partial charge in [-0.1, -0.05) is 0 Å². The van der Waals surface area contributed by atoms with Crippen LogP contribution >= 0.6 is 15.9 Å². The highest BCUT2D eigenvalue weighted by atomic mass is 79.9. The number of hydrogen-bond acceptors (Lipinski definition) is 2. The lowest BCUT2D eigenvalue weighted by atomic mass is 10.3. The van der Waals surface area contributed by atoms with Gasteiger partial charge in [-0.05, 0) is 34.5 Å². The molecule has 1 aromatic rings. The van der Waals surface area contributed by atoms with Gasteiger partial charge in [0.1, 0.15) is 0 Å². The van der Waals surface area contributed by atoms with E-state index in [2.05, 4.69) is 20.9 Å². The first-order valence-corrected chi connectivity index (χ1v) is 3.76. The molecule has 0 aliphatic heterocycles. The Hall–Kier alpha value is -0.900. The van der Waals surface area contributed by atoms with E-state index in [0.717, 1.165) is 5.56 Å². The molecular weight excluding hydrogens is 210 g/mol. The van der Waals surface area contributed by atoms with Gasteiger partial charge in [-0.25, -0.2) is 9.78 Å². The predicted molar refractivity (Wildman–Crippen MR) is 43.6 cm³/mol. The van der Waals surface area contributed by atoms with Gasteiger partial charge >= 0.3 is 5.97 Å². The van der Waals surface area contributed by atoms with Crippen LogP contribution < -0.4 is 0 Å². The molecule has 0 aromatic carbocycles. The van der Waals surface area contributed by atoms with Crippen LogP contribution in [0, 0.1) is 6.92 Å². The Bertz CT molecular complexity index is 298. The van der Waals surface area contributed by atoms with Crippen LogP contribution in [0.1, 0.15) is 16.1 Å². The summed E-state index contributed by atoms with van der Waals surface area (Å²) >= 11 is 3.10. The van der Waals surface area contributed by atoms with Crippen LogP contribution in [-0.4, -0.2) is 16.1 Å². The molecule has 0 aliphatic rings. The van der Waals surface area contributed by atoms with Gasteiger partial charge in [0.25, 0.3) is 0 Å². The number of carbonyl (C=O) groups is 1. The number of rotatable bonds is 1. The molecule has 0 spiro atoms. The first-order valence-electron chi connectivity index (χ1n) is 2.96. The summed E-state index contributed by atoms with van der Waals surface area (Å²) in [4.78, 5) is 14.2. The summed E-state index contributed by atoms with van der Waals surface area (Å²) in [6, 6.07) is 1.72. The van der Waals surface area contributed by atoms with Gasteiger partial charge in [-0.3, -0.25) is 0 Å². The molecule has 0 saturated carbocycles. The fraction of sp³-hybridized carbons (Fsp3) is 0.143. The average molecular weight is 216 g/mol. The number of halogens is 1. The van der Waals surface area contributed by atoms with Crippen LogP contribution in [0.4, 0.5) is 0 Å². The van der Waals surface area contributed by atoms with Crippen molar-refractivity contribution < 1.29 is 9.90 Å². The minimum Gasteiger partial charge on any atom is -0.476 e. The molecule has 3 nitrogen and oxygen atoms in total. The van der Waals surface area contributed by atoms with Gasteiger partial charge < -0.3 is 5.11 Å². The fourth-order valence-electron chi connectivity index (χ4n) is 0.691. The van der Waals surface area contributed by atoms with E-state index >= 15 is 0 Å². The zero-order chi connectivity index (χ0) is 8.43. The zero-order valence-electron chi connectivity index (χ0n) is 5.84. The Labute approximate surface area is 72.2 Å². The van der Waals surface area contributed by atoms with Gasteiger partial charge in [0.2, 0.25) is 0 Å². The third-order valence-electron chi connectivity index (χ3n) is 1.18. The molecule has 0 fully saturated rings. The van der Waals surface area contributed by atoms with Gasteiger partial charge in [-0.15, -0.1) is 0 Å². The third-order valence-corrected chi connectivity index (χ3v) is 1.78. The molecule has 1 heterocycles. The van der Waals surface area contributed by atoms with E-state index in [1.54, 1.807) is 6.07 Å². The molecule has 0 unspecified atom stereocenters. The summed E-state index contributed by atoms with van der Waals surface area (Å²) in [5.41, 5.74) is 0.984. The minimum absolute atomic E-state index is 0.0515. The fourth-order valence-corrected chi connectivity index (χ4v) is 1.32. The lowest BCUT2D eigenvalue weighted by Crippen LogP contribution is -2.01. The standard InChI is InChI=1S/C7H6BrNO2/c1-4-2-5(8)6(7(10)11)9-3-4/h2-3H,1H3,(H,10,11). The number of nitrogens with zero attached hydrogens (tertiary/aromatic N) is 1. The Morgan fingerprint density at radius 1 is 1.73 bits per heavy atom. The van der Waals surface area contributed by atoms with Crippen LogP contribution in [0.3, 0.4) is 0 Å². The molecule has 1 N–H and O–H groups in total. The summed E-state index contributed by atoms with van der Waals surface area (Å²) < 4.78 is 0.519. The summed E-state index contributed by atoms with van der Waals surface area (Å²) in [6.45, 7) is 1.85. The second-order valence-corrected chi connectivity index (χ2v) is 3.00. The van der Waals surface area contributed by atoms with Crippen molar-refractivity contribution in [2.45, 2.75) is 6.92 Å². The highest BCUT2D eigenvalue weighted by molar-refractivity contribution is 9.10. The lowest BCUT2D eigenvalue weighted by molar-refractivity contribution is 0.0689. The summed E-state index contributed by atoms with van der Waals surface area (Å²) in [7, 11) is 0. The van der Waals surface area contributed by atoms with Gasteiger partial charge in [0, 0.05) is 6.20 Å². The molecule has 11 heavy (non-hydrogen) atoms. The Kier molecular flexibility index (Phi) is 2.24. The van der Waals surface area contributed by atoms with Crippen molar-refractivity contribution in [2.24, 2.45) is 0 Å². The molecule has 1 aromatic heterocycles. The van der Waals surface area contributed by atoms with Crippen molar-refractivity contribution in [3.05, 3.63) is 28.0 Å².